The Morgan fingerprint density at radius 1 is 1.05 bits per heavy atom. The van der Waals surface area contributed by atoms with E-state index in [1.165, 1.54) is 5.56 Å². The number of allylic oxidation sites excluding steroid dienone is 1. The van der Waals surface area contributed by atoms with Crippen LogP contribution in [0.4, 0.5) is 24.5 Å². The normalized spacial score (nSPS) is 13.4. The van der Waals surface area contributed by atoms with Gasteiger partial charge >= 0.3 is 6.18 Å². The molecule has 0 fully saturated rings. The molecule has 4 rings (SSSR count). The highest BCUT2D eigenvalue weighted by Crippen LogP contribution is 2.29. The average molecular weight is 595 g/mol. The monoisotopic (exact) mass is 594 g/mol. The van der Waals surface area contributed by atoms with E-state index in [2.05, 4.69) is 20.9 Å². The molecule has 1 aliphatic rings. The predicted molar refractivity (Wildman–Crippen MR) is 156 cm³/mol. The van der Waals surface area contributed by atoms with E-state index in [-0.39, 0.29) is 36.0 Å². The van der Waals surface area contributed by atoms with Crippen LogP contribution < -0.4 is 21.7 Å². The summed E-state index contributed by atoms with van der Waals surface area (Å²) in [6.45, 7) is 1.27. The van der Waals surface area contributed by atoms with Crippen molar-refractivity contribution in [1.29, 1.82) is 5.26 Å². The lowest BCUT2D eigenvalue weighted by Gasteiger charge is -2.13. The fourth-order valence-electron chi connectivity index (χ4n) is 4.18. The molecule has 0 saturated heterocycles. The maximum Gasteiger partial charge on any atom is 0.416 e. The molecule has 0 aliphatic carbocycles. The number of nitrogens with two attached hydrogens (primary N) is 1. The van der Waals surface area contributed by atoms with E-state index in [1.54, 1.807) is 30.3 Å². The van der Waals surface area contributed by atoms with Crippen LogP contribution in [0.5, 0.6) is 0 Å². The number of hydrogen-bond donors (Lipinski definition) is 4. The van der Waals surface area contributed by atoms with E-state index in [0.29, 0.717) is 22.7 Å². The number of fused-ring (bicyclic) bond motifs is 1. The Balaban J connectivity index is 1.49. The SMILES string of the molecule is N#CC(C(=NCCCNC(=O)c1ccc2c(c1)NCC2)Nc1ccc(Cl)cc1)=C(N)C(=O)c1ccc(C(F)(F)F)cc1. The maximum atomic E-state index is 13.0. The topological polar surface area (TPSA) is 132 Å². The third-order valence-corrected chi connectivity index (χ3v) is 6.67. The summed E-state index contributed by atoms with van der Waals surface area (Å²) in [5.41, 5.74) is 7.38. The van der Waals surface area contributed by atoms with Crippen molar-refractivity contribution >= 4 is 40.5 Å². The quantitative estimate of drug-likeness (QED) is 0.0639. The summed E-state index contributed by atoms with van der Waals surface area (Å²) in [4.78, 5) is 30.0. The van der Waals surface area contributed by atoms with E-state index in [0.717, 1.165) is 42.9 Å². The number of benzene rings is 3. The molecule has 0 radical (unpaired) electrons. The first-order valence-electron chi connectivity index (χ1n) is 12.9. The molecule has 5 N–H and O–H groups in total. The molecule has 0 atom stereocenters. The molecule has 8 nitrogen and oxygen atoms in total. The summed E-state index contributed by atoms with van der Waals surface area (Å²) in [6, 6.07) is 17.4. The zero-order valence-electron chi connectivity index (χ0n) is 22.2. The van der Waals surface area contributed by atoms with Crippen molar-refractivity contribution in [2.24, 2.45) is 10.7 Å². The lowest BCUT2D eigenvalue weighted by Crippen LogP contribution is -2.26. The summed E-state index contributed by atoms with van der Waals surface area (Å²) in [6.07, 6.45) is -3.26. The molecular weight excluding hydrogens is 569 g/mol. The Kier molecular flexibility index (Phi) is 9.49. The van der Waals surface area contributed by atoms with Crippen LogP contribution in [0.25, 0.3) is 0 Å². The first kappa shape index (κ1) is 30.1. The van der Waals surface area contributed by atoms with Crippen molar-refractivity contribution in [2.75, 3.05) is 30.3 Å². The third-order valence-electron chi connectivity index (χ3n) is 6.42. The molecule has 1 amide bonds. The Morgan fingerprint density at radius 3 is 2.40 bits per heavy atom. The van der Waals surface area contributed by atoms with Gasteiger partial charge in [-0.25, -0.2) is 0 Å². The number of amides is 1. The van der Waals surface area contributed by atoms with Crippen LogP contribution >= 0.6 is 11.6 Å². The Labute approximate surface area is 245 Å². The van der Waals surface area contributed by atoms with Crippen LogP contribution in [-0.2, 0) is 12.6 Å². The van der Waals surface area contributed by atoms with Crippen LogP contribution in [0.15, 0.2) is 83.0 Å². The van der Waals surface area contributed by atoms with Gasteiger partial charge in [-0.1, -0.05) is 29.8 Å². The summed E-state index contributed by atoms with van der Waals surface area (Å²) >= 11 is 5.96. The van der Waals surface area contributed by atoms with Gasteiger partial charge in [0.2, 0.25) is 5.78 Å². The van der Waals surface area contributed by atoms with E-state index in [1.807, 2.05) is 18.2 Å². The van der Waals surface area contributed by atoms with Crippen LogP contribution in [0.1, 0.15) is 38.3 Å². The van der Waals surface area contributed by atoms with Crippen molar-refractivity contribution in [3.8, 4) is 6.07 Å². The number of ketones is 1. The zero-order valence-corrected chi connectivity index (χ0v) is 22.9. The second-order valence-electron chi connectivity index (χ2n) is 9.33. The molecule has 12 heteroatoms. The minimum absolute atomic E-state index is 0.0198. The number of nitrogens with one attached hydrogen (secondary N) is 3. The maximum absolute atomic E-state index is 13.0. The van der Waals surface area contributed by atoms with Gasteiger partial charge in [0, 0.05) is 47.2 Å². The van der Waals surface area contributed by atoms with Crippen LogP contribution in [-0.4, -0.2) is 37.2 Å². The van der Waals surface area contributed by atoms with Crippen molar-refractivity contribution in [3.63, 3.8) is 0 Å². The van der Waals surface area contributed by atoms with Crippen LogP contribution in [0.2, 0.25) is 5.02 Å². The minimum Gasteiger partial charge on any atom is -0.394 e. The van der Waals surface area contributed by atoms with Gasteiger partial charge in [-0.05, 0) is 66.9 Å². The number of halogens is 4. The van der Waals surface area contributed by atoms with Gasteiger partial charge in [0.25, 0.3) is 5.91 Å². The number of nitriles is 1. The standard InChI is InChI=1S/C30H26ClF3N6O2/c31-22-8-10-23(11-9-22)40-28(24(17-35)26(36)27(41)19-4-6-21(7-5-19)30(32,33)34)38-13-1-14-39-29(42)20-3-2-18-12-15-37-25(18)16-20/h2-11,16,37H,1,12-15,36H2,(H,38,40)(H,39,42). The molecule has 0 unspecified atom stereocenters. The predicted octanol–water partition coefficient (Wildman–Crippen LogP) is 5.58. The minimum atomic E-state index is -4.57. The zero-order chi connectivity index (χ0) is 30.3. The van der Waals surface area contributed by atoms with Crippen LogP contribution in [0.3, 0.4) is 0 Å². The second kappa shape index (κ2) is 13.2. The summed E-state index contributed by atoms with van der Waals surface area (Å²) in [7, 11) is 0. The average Bonchev–Trinajstić information content (AvgIpc) is 3.45. The molecule has 216 valence electrons. The van der Waals surface area contributed by atoms with E-state index < -0.39 is 23.2 Å². The number of anilines is 2. The smallest absolute Gasteiger partial charge is 0.394 e. The lowest BCUT2D eigenvalue weighted by atomic mass is 10.0. The molecule has 3 aromatic rings. The number of aliphatic imine (C=N–C) groups is 1. The number of carbonyl (C=O) groups excluding carboxylic acids is 2. The van der Waals surface area contributed by atoms with E-state index in [9.17, 15) is 28.0 Å². The summed E-state index contributed by atoms with van der Waals surface area (Å²) in [5.74, 6) is -1.09. The number of alkyl halides is 3. The number of carbonyl (C=O) groups is 2. The first-order valence-corrected chi connectivity index (χ1v) is 13.3. The first-order chi connectivity index (χ1) is 20.1. The van der Waals surface area contributed by atoms with Gasteiger partial charge in [0.05, 0.1) is 5.56 Å². The molecule has 42 heavy (non-hydrogen) atoms. The molecule has 1 aliphatic heterocycles. The fraction of sp³-hybridized carbons (Fsp3) is 0.200. The van der Waals surface area contributed by atoms with Crippen molar-refractivity contribution in [3.05, 3.63) is 105 Å². The summed E-state index contributed by atoms with van der Waals surface area (Å²) in [5, 5.41) is 19.4. The number of hydrogen-bond acceptors (Lipinski definition) is 6. The molecule has 0 saturated carbocycles. The van der Waals surface area contributed by atoms with Crippen molar-refractivity contribution < 1.29 is 22.8 Å². The van der Waals surface area contributed by atoms with E-state index >= 15 is 0 Å². The number of nitrogens with zero attached hydrogens (tertiary/aromatic N) is 2. The van der Waals surface area contributed by atoms with Gasteiger partial charge < -0.3 is 21.7 Å². The van der Waals surface area contributed by atoms with Gasteiger partial charge in [0.15, 0.2) is 0 Å². The van der Waals surface area contributed by atoms with Crippen molar-refractivity contribution in [2.45, 2.75) is 19.0 Å². The van der Waals surface area contributed by atoms with Crippen LogP contribution in [0, 0.1) is 11.3 Å². The Bertz CT molecular complexity index is 1580. The van der Waals surface area contributed by atoms with E-state index in [4.69, 9.17) is 17.3 Å². The van der Waals surface area contributed by atoms with Crippen molar-refractivity contribution in [1.82, 2.24) is 5.32 Å². The highest BCUT2D eigenvalue weighted by molar-refractivity contribution is 6.30. The Morgan fingerprint density at radius 2 is 1.74 bits per heavy atom. The lowest BCUT2D eigenvalue weighted by molar-refractivity contribution is -0.137. The molecule has 3 aromatic carbocycles. The third kappa shape index (κ3) is 7.47. The summed E-state index contributed by atoms with van der Waals surface area (Å²) < 4.78 is 38.8. The van der Waals surface area contributed by atoms with Gasteiger partial charge in [-0.2, -0.15) is 18.4 Å². The molecule has 0 bridgehead atoms. The van der Waals surface area contributed by atoms with Gasteiger partial charge in [-0.3, -0.25) is 14.6 Å². The fourth-order valence-corrected chi connectivity index (χ4v) is 4.30. The Hall–Kier alpha value is -4.82. The highest BCUT2D eigenvalue weighted by atomic mass is 35.5. The molecule has 0 spiro atoms. The molecule has 0 aromatic heterocycles. The highest BCUT2D eigenvalue weighted by Gasteiger charge is 2.30. The second-order valence-corrected chi connectivity index (χ2v) is 9.76. The number of Topliss-reactive ketones (excluding diaryl/α,β-unsaturated/α-hetero) is 1. The molecule has 1 heterocycles. The largest absolute Gasteiger partial charge is 0.416 e. The molecular formula is C30H26ClF3N6O2. The number of rotatable bonds is 9. The van der Waals surface area contributed by atoms with Gasteiger partial charge in [0.1, 0.15) is 23.2 Å². The number of amidine groups is 1. The van der Waals surface area contributed by atoms with Gasteiger partial charge in [-0.15, -0.1) is 0 Å².